The first-order valence-electron chi connectivity index (χ1n) is 11.5. The molecule has 1 aliphatic heterocycles. The Labute approximate surface area is 192 Å². The molecule has 2 aromatic rings. The molecule has 1 fully saturated rings. The largest absolute Gasteiger partial charge is 0.414 e. The first kappa shape index (κ1) is 24.0. The molecule has 2 N–H and O–H groups in total. The van der Waals surface area contributed by atoms with Crippen LogP contribution in [0.5, 0.6) is 0 Å². The van der Waals surface area contributed by atoms with Crippen LogP contribution in [0.25, 0.3) is 0 Å². The van der Waals surface area contributed by atoms with Crippen molar-refractivity contribution in [2.45, 2.75) is 38.1 Å². The summed E-state index contributed by atoms with van der Waals surface area (Å²) in [5.74, 6) is 1.02. The molecule has 172 valence electrons. The van der Waals surface area contributed by atoms with Gasteiger partial charge in [-0.15, -0.1) is 0 Å². The van der Waals surface area contributed by atoms with Crippen LogP contribution in [0.1, 0.15) is 37.8 Å². The van der Waals surface area contributed by atoms with Crippen molar-refractivity contribution in [3.8, 4) is 0 Å². The van der Waals surface area contributed by atoms with E-state index in [4.69, 9.17) is 10.5 Å². The van der Waals surface area contributed by atoms with Gasteiger partial charge in [0.15, 0.2) is 0 Å². The number of nitrogens with two attached hydrogens (primary N) is 1. The van der Waals surface area contributed by atoms with Crippen molar-refractivity contribution in [3.05, 3.63) is 83.6 Å². The van der Waals surface area contributed by atoms with E-state index in [-0.39, 0.29) is 12.1 Å². The van der Waals surface area contributed by atoms with E-state index in [2.05, 4.69) is 74.4 Å². The number of rotatable bonds is 8. The molecule has 0 radical (unpaired) electrons. The summed E-state index contributed by atoms with van der Waals surface area (Å²) >= 11 is 0. The Balaban J connectivity index is 2.08. The molecular formula is C27H37N3O2. The lowest BCUT2D eigenvalue weighted by Gasteiger charge is -2.40. The van der Waals surface area contributed by atoms with Crippen molar-refractivity contribution in [1.82, 2.24) is 9.80 Å². The summed E-state index contributed by atoms with van der Waals surface area (Å²) in [6.07, 6.45) is 3.36. The highest BCUT2D eigenvalue weighted by atomic mass is 16.6. The summed E-state index contributed by atoms with van der Waals surface area (Å²) in [6, 6.07) is 21.0. The molecule has 1 aliphatic rings. The van der Waals surface area contributed by atoms with E-state index in [1.807, 2.05) is 25.1 Å². The van der Waals surface area contributed by atoms with E-state index < -0.39 is 5.41 Å². The fraction of sp³-hybridized carbons (Fsp3) is 0.444. The monoisotopic (exact) mass is 435 g/mol. The number of hydrogen-bond acceptors (Lipinski definition) is 4. The predicted octanol–water partition coefficient (Wildman–Crippen LogP) is 4.63. The van der Waals surface area contributed by atoms with Crippen molar-refractivity contribution in [3.63, 3.8) is 0 Å². The molecule has 0 aromatic heterocycles. The van der Waals surface area contributed by atoms with Gasteiger partial charge in [-0.25, -0.2) is 4.79 Å². The van der Waals surface area contributed by atoms with Crippen LogP contribution < -0.4 is 5.73 Å². The summed E-state index contributed by atoms with van der Waals surface area (Å²) in [6.45, 7) is 6.11. The molecule has 5 heteroatoms. The maximum Gasteiger partial charge on any atom is 0.414 e. The van der Waals surface area contributed by atoms with Gasteiger partial charge in [0.25, 0.3) is 0 Å². The Bertz CT molecular complexity index is 856. The van der Waals surface area contributed by atoms with Crippen LogP contribution in [-0.4, -0.2) is 55.7 Å². The minimum atomic E-state index is -0.594. The zero-order valence-corrected chi connectivity index (χ0v) is 19.8. The molecule has 2 atom stereocenters. The van der Waals surface area contributed by atoms with Crippen LogP contribution in [0.4, 0.5) is 4.79 Å². The van der Waals surface area contributed by atoms with Gasteiger partial charge in [0, 0.05) is 19.1 Å². The highest BCUT2D eigenvalue weighted by Crippen LogP contribution is 2.44. The maximum atomic E-state index is 13.2. The summed E-state index contributed by atoms with van der Waals surface area (Å²) in [5, 5.41) is 0. The lowest BCUT2D eigenvalue weighted by atomic mass is 9.68. The minimum absolute atomic E-state index is 0.248. The molecule has 1 amide bonds. The topological polar surface area (TPSA) is 58.8 Å². The smallest absolute Gasteiger partial charge is 0.414 e. The van der Waals surface area contributed by atoms with E-state index in [0.717, 1.165) is 24.0 Å². The zero-order chi connectivity index (χ0) is 23.1. The van der Waals surface area contributed by atoms with Gasteiger partial charge >= 0.3 is 6.09 Å². The van der Waals surface area contributed by atoms with Gasteiger partial charge in [0.05, 0.1) is 5.41 Å². The zero-order valence-electron chi connectivity index (χ0n) is 19.8. The van der Waals surface area contributed by atoms with Gasteiger partial charge in [-0.2, -0.15) is 0 Å². The van der Waals surface area contributed by atoms with E-state index in [0.29, 0.717) is 31.3 Å². The Kier molecular flexibility index (Phi) is 8.10. The molecule has 1 heterocycles. The van der Waals surface area contributed by atoms with Crippen LogP contribution in [-0.2, 0) is 10.2 Å². The molecule has 0 bridgehead atoms. The number of likely N-dealkylation sites (tertiary alicyclic amines) is 1. The van der Waals surface area contributed by atoms with Crippen molar-refractivity contribution < 1.29 is 9.53 Å². The molecular weight excluding hydrogens is 398 g/mol. The fourth-order valence-electron chi connectivity index (χ4n) is 4.60. The number of allylic oxidation sites excluding steroid dienone is 2. The van der Waals surface area contributed by atoms with Crippen molar-refractivity contribution in [2.24, 2.45) is 11.7 Å². The van der Waals surface area contributed by atoms with Gasteiger partial charge < -0.3 is 20.3 Å². The second kappa shape index (κ2) is 10.8. The summed E-state index contributed by atoms with van der Waals surface area (Å²) in [4.78, 5) is 17.2. The number of carbonyl (C=O) groups excluding carboxylic acids is 1. The molecule has 0 aliphatic carbocycles. The Hall–Kier alpha value is -2.63. The molecule has 2 unspecified atom stereocenters. The molecule has 5 nitrogen and oxygen atoms in total. The molecule has 2 aromatic carbocycles. The maximum absolute atomic E-state index is 13.2. The van der Waals surface area contributed by atoms with Crippen LogP contribution in [0.2, 0.25) is 0 Å². The van der Waals surface area contributed by atoms with E-state index >= 15 is 0 Å². The lowest BCUT2D eigenvalue weighted by Crippen LogP contribution is -2.41. The normalized spacial score (nSPS) is 18.1. The number of hydrogen-bond donors (Lipinski definition) is 1. The number of amides is 1. The van der Waals surface area contributed by atoms with Gasteiger partial charge in [0.2, 0.25) is 0 Å². The average Bonchev–Trinajstić information content (AvgIpc) is 3.31. The molecule has 1 saturated heterocycles. The first-order chi connectivity index (χ1) is 15.4. The average molecular weight is 436 g/mol. The van der Waals surface area contributed by atoms with Gasteiger partial charge in [-0.05, 0) is 70.5 Å². The summed E-state index contributed by atoms with van der Waals surface area (Å²) in [7, 11) is 4.17. The van der Waals surface area contributed by atoms with E-state index in [9.17, 15) is 4.79 Å². The molecule has 3 rings (SSSR count). The van der Waals surface area contributed by atoms with Gasteiger partial charge in [-0.1, -0.05) is 60.7 Å². The molecule has 0 saturated carbocycles. The first-order valence-corrected chi connectivity index (χ1v) is 11.5. The Morgan fingerprint density at radius 2 is 1.72 bits per heavy atom. The van der Waals surface area contributed by atoms with Crippen LogP contribution in [0.15, 0.2) is 72.5 Å². The van der Waals surface area contributed by atoms with Crippen LogP contribution >= 0.6 is 0 Å². The summed E-state index contributed by atoms with van der Waals surface area (Å²) < 4.78 is 6.22. The standard InChI is InChI=1S/C27H37N3O2/c1-5-25(32-26(31)30-17-16-22(19-28)20-30)27(18-21(2)29(3)4,23-12-8-6-9-13-23)24-14-10-7-11-15-24/h5-15,21-22H,16-20,28H2,1-4H3/b25-5-. The Morgan fingerprint density at radius 1 is 1.16 bits per heavy atom. The van der Waals surface area contributed by atoms with Crippen LogP contribution in [0, 0.1) is 5.92 Å². The fourth-order valence-corrected chi connectivity index (χ4v) is 4.60. The third-order valence-electron chi connectivity index (χ3n) is 6.77. The number of carbonyl (C=O) groups is 1. The Morgan fingerprint density at radius 3 is 2.16 bits per heavy atom. The number of ether oxygens (including phenoxy) is 1. The molecule has 0 spiro atoms. The lowest BCUT2D eigenvalue weighted by molar-refractivity contribution is 0.120. The number of benzene rings is 2. The van der Waals surface area contributed by atoms with Crippen molar-refractivity contribution >= 4 is 6.09 Å². The number of nitrogens with zero attached hydrogens (tertiary/aromatic N) is 2. The third kappa shape index (κ3) is 5.05. The van der Waals surface area contributed by atoms with Gasteiger partial charge in [0.1, 0.15) is 5.76 Å². The predicted molar refractivity (Wildman–Crippen MR) is 130 cm³/mol. The second-order valence-corrected chi connectivity index (χ2v) is 9.01. The second-order valence-electron chi connectivity index (χ2n) is 9.01. The van der Waals surface area contributed by atoms with Gasteiger partial charge in [-0.3, -0.25) is 0 Å². The van der Waals surface area contributed by atoms with E-state index in [1.165, 1.54) is 0 Å². The highest BCUT2D eigenvalue weighted by Gasteiger charge is 2.43. The third-order valence-corrected chi connectivity index (χ3v) is 6.77. The summed E-state index contributed by atoms with van der Waals surface area (Å²) in [5.41, 5.74) is 7.47. The van der Waals surface area contributed by atoms with Crippen LogP contribution in [0.3, 0.4) is 0 Å². The van der Waals surface area contributed by atoms with E-state index in [1.54, 1.807) is 4.90 Å². The highest BCUT2D eigenvalue weighted by molar-refractivity contribution is 5.70. The molecule has 32 heavy (non-hydrogen) atoms. The van der Waals surface area contributed by atoms with Crippen molar-refractivity contribution in [1.29, 1.82) is 0 Å². The quantitative estimate of drug-likeness (QED) is 0.614. The minimum Gasteiger partial charge on any atom is -0.414 e. The van der Waals surface area contributed by atoms with Crippen molar-refractivity contribution in [2.75, 3.05) is 33.7 Å². The SMILES string of the molecule is C/C=C(\OC(=O)N1CCC(CN)C1)C(CC(C)N(C)C)(c1ccccc1)c1ccccc1.